The second-order valence-corrected chi connectivity index (χ2v) is 5.10. The third-order valence-corrected chi connectivity index (χ3v) is 3.62. The molecule has 1 aliphatic rings. The van der Waals surface area contributed by atoms with Crippen LogP contribution in [0.3, 0.4) is 0 Å². The number of rotatable bonds is 5. The number of aromatic nitrogens is 2. The average Bonchev–Trinajstić information content (AvgIpc) is 3.13. The first kappa shape index (κ1) is 17.1. The molecule has 0 bridgehead atoms. The number of benzene rings is 1. The van der Waals surface area contributed by atoms with E-state index < -0.39 is 0 Å². The number of halogens is 1. The Morgan fingerprint density at radius 1 is 1.13 bits per heavy atom. The van der Waals surface area contributed by atoms with Crippen LogP contribution in [0.1, 0.15) is 24.3 Å². The lowest BCUT2D eigenvalue weighted by atomic mass is 10.1. The minimum Gasteiger partial charge on any atom is -0.339 e. The fraction of sp³-hybridized carbons (Fsp3) is 0.333. The second-order valence-electron chi connectivity index (χ2n) is 5.10. The highest BCUT2D eigenvalue weighted by molar-refractivity contribution is 6.01. The smallest absolute Gasteiger partial charge is 0.229 e. The van der Waals surface area contributed by atoms with Gasteiger partial charge in [-0.25, -0.2) is 0 Å². The van der Waals surface area contributed by atoms with Crippen LogP contribution in [-0.4, -0.2) is 33.4 Å². The Kier molecular flexibility index (Phi) is 5.46. The topological polar surface area (TPSA) is 102 Å². The van der Waals surface area contributed by atoms with E-state index >= 15 is 0 Å². The summed E-state index contributed by atoms with van der Waals surface area (Å²) in [5.41, 5.74) is 7.42. The minimum absolute atomic E-state index is 0. The number of imide groups is 1. The first-order chi connectivity index (χ1) is 10.7. The van der Waals surface area contributed by atoms with E-state index in [1.165, 1.54) is 4.90 Å². The molecule has 2 N–H and O–H groups in total. The van der Waals surface area contributed by atoms with Gasteiger partial charge in [-0.3, -0.25) is 14.5 Å². The maximum Gasteiger partial charge on any atom is 0.229 e. The molecule has 0 radical (unpaired) electrons. The van der Waals surface area contributed by atoms with Crippen LogP contribution in [0.5, 0.6) is 0 Å². The van der Waals surface area contributed by atoms with Crippen LogP contribution >= 0.6 is 12.4 Å². The van der Waals surface area contributed by atoms with E-state index in [2.05, 4.69) is 10.1 Å². The molecule has 1 saturated heterocycles. The molecule has 2 aromatic rings. The Bertz CT molecular complexity index is 683. The number of nitrogens with two attached hydrogens (primary N) is 1. The van der Waals surface area contributed by atoms with Crippen molar-refractivity contribution in [2.24, 2.45) is 5.73 Å². The van der Waals surface area contributed by atoms with Crippen LogP contribution in [0.15, 0.2) is 28.8 Å². The number of likely N-dealkylation sites (tertiary alicyclic amines) is 1. The van der Waals surface area contributed by atoms with Gasteiger partial charge in [0, 0.05) is 37.9 Å². The molecule has 23 heavy (non-hydrogen) atoms. The quantitative estimate of drug-likeness (QED) is 0.826. The molecular formula is C15H17ClN4O3. The maximum atomic E-state index is 11.5. The molecule has 0 aliphatic carbocycles. The zero-order valence-electron chi connectivity index (χ0n) is 12.4. The van der Waals surface area contributed by atoms with Crippen molar-refractivity contribution in [3.63, 3.8) is 0 Å². The predicted octanol–water partition coefficient (Wildman–Crippen LogP) is 1.31. The van der Waals surface area contributed by atoms with Gasteiger partial charge in [0.1, 0.15) is 0 Å². The lowest BCUT2D eigenvalue weighted by Crippen LogP contribution is -2.31. The zero-order valence-corrected chi connectivity index (χ0v) is 13.2. The molecule has 1 aliphatic heterocycles. The highest BCUT2D eigenvalue weighted by atomic mass is 35.5. The van der Waals surface area contributed by atoms with Gasteiger partial charge in [0.2, 0.25) is 23.5 Å². The Morgan fingerprint density at radius 2 is 1.78 bits per heavy atom. The summed E-state index contributed by atoms with van der Waals surface area (Å²) in [5.74, 6) is 0.618. The maximum absolute atomic E-state index is 11.5. The van der Waals surface area contributed by atoms with E-state index in [4.69, 9.17) is 10.3 Å². The molecule has 1 aromatic carbocycles. The lowest BCUT2D eigenvalue weighted by molar-refractivity contribution is -0.138. The standard InChI is InChI=1S/C15H16N4O3.ClH/c16-9-10-1-3-11(4-2-10)15-17-12(22-18-15)7-8-19-13(20)5-6-14(19)21;/h1-4H,5-9,16H2;1H. The summed E-state index contributed by atoms with van der Waals surface area (Å²) in [7, 11) is 0. The summed E-state index contributed by atoms with van der Waals surface area (Å²) in [6.45, 7) is 0.765. The number of amides is 2. The van der Waals surface area contributed by atoms with Crippen molar-refractivity contribution in [2.45, 2.75) is 25.8 Å². The van der Waals surface area contributed by atoms with Crippen molar-refractivity contribution in [3.8, 4) is 11.4 Å². The molecular weight excluding hydrogens is 320 g/mol. The van der Waals surface area contributed by atoms with E-state index in [1.54, 1.807) is 0 Å². The summed E-state index contributed by atoms with van der Waals surface area (Å²) < 4.78 is 5.17. The van der Waals surface area contributed by atoms with Gasteiger partial charge in [0.15, 0.2) is 0 Å². The number of carbonyl (C=O) groups excluding carboxylic acids is 2. The van der Waals surface area contributed by atoms with Gasteiger partial charge >= 0.3 is 0 Å². The average molecular weight is 337 g/mol. The molecule has 0 atom stereocenters. The normalized spacial score (nSPS) is 14.2. The van der Waals surface area contributed by atoms with Crippen molar-refractivity contribution in [1.82, 2.24) is 15.0 Å². The highest BCUT2D eigenvalue weighted by Gasteiger charge is 2.28. The Balaban J connectivity index is 0.00000192. The number of carbonyl (C=O) groups is 2. The molecule has 8 heteroatoms. The van der Waals surface area contributed by atoms with E-state index in [-0.39, 0.29) is 30.8 Å². The Hall–Kier alpha value is -2.25. The molecule has 2 heterocycles. The van der Waals surface area contributed by atoms with Crippen molar-refractivity contribution in [3.05, 3.63) is 35.7 Å². The molecule has 1 fully saturated rings. The van der Waals surface area contributed by atoms with Crippen molar-refractivity contribution in [2.75, 3.05) is 6.54 Å². The summed E-state index contributed by atoms with van der Waals surface area (Å²) >= 11 is 0. The summed E-state index contributed by atoms with van der Waals surface area (Å²) in [5, 5.41) is 3.92. The van der Waals surface area contributed by atoms with E-state index in [9.17, 15) is 9.59 Å². The van der Waals surface area contributed by atoms with E-state index in [1.807, 2.05) is 24.3 Å². The monoisotopic (exact) mass is 336 g/mol. The fourth-order valence-corrected chi connectivity index (χ4v) is 2.34. The van der Waals surface area contributed by atoms with Gasteiger partial charge in [-0.05, 0) is 5.56 Å². The first-order valence-electron chi connectivity index (χ1n) is 7.12. The summed E-state index contributed by atoms with van der Waals surface area (Å²) in [6, 6.07) is 7.58. The number of nitrogens with zero attached hydrogens (tertiary/aromatic N) is 3. The van der Waals surface area contributed by atoms with Crippen molar-refractivity contribution < 1.29 is 14.1 Å². The van der Waals surface area contributed by atoms with Crippen LogP contribution in [0.25, 0.3) is 11.4 Å². The van der Waals surface area contributed by atoms with Gasteiger partial charge < -0.3 is 10.3 Å². The largest absolute Gasteiger partial charge is 0.339 e. The second kappa shape index (κ2) is 7.34. The number of hydrogen-bond donors (Lipinski definition) is 1. The SMILES string of the molecule is Cl.NCc1ccc(-c2noc(CCN3C(=O)CCC3=O)n2)cc1. The zero-order chi connectivity index (χ0) is 15.5. The van der Waals surface area contributed by atoms with E-state index in [0.29, 0.717) is 37.5 Å². The molecule has 1 aromatic heterocycles. The number of hydrogen-bond acceptors (Lipinski definition) is 6. The molecule has 7 nitrogen and oxygen atoms in total. The Labute approximate surface area is 139 Å². The molecule has 0 unspecified atom stereocenters. The van der Waals surface area contributed by atoms with E-state index in [0.717, 1.165) is 11.1 Å². The van der Waals surface area contributed by atoms with Crippen LogP contribution in [0.4, 0.5) is 0 Å². The molecule has 122 valence electrons. The Morgan fingerprint density at radius 3 is 2.39 bits per heavy atom. The molecule has 0 saturated carbocycles. The highest BCUT2D eigenvalue weighted by Crippen LogP contribution is 2.17. The van der Waals surface area contributed by atoms with Gasteiger partial charge in [-0.15, -0.1) is 12.4 Å². The fourth-order valence-electron chi connectivity index (χ4n) is 2.34. The lowest BCUT2D eigenvalue weighted by Gasteiger charge is -2.11. The first-order valence-corrected chi connectivity index (χ1v) is 7.12. The third-order valence-electron chi connectivity index (χ3n) is 3.62. The molecule has 0 spiro atoms. The van der Waals surface area contributed by atoms with Crippen molar-refractivity contribution in [1.29, 1.82) is 0 Å². The van der Waals surface area contributed by atoms with Crippen LogP contribution in [0.2, 0.25) is 0 Å². The minimum atomic E-state index is -0.137. The van der Waals surface area contributed by atoms with Crippen LogP contribution < -0.4 is 5.73 Å². The summed E-state index contributed by atoms with van der Waals surface area (Å²) in [6.07, 6.45) is 0.953. The van der Waals surface area contributed by atoms with Crippen molar-refractivity contribution >= 4 is 24.2 Å². The van der Waals surface area contributed by atoms with Crippen LogP contribution in [0, 0.1) is 0 Å². The van der Waals surface area contributed by atoms with Gasteiger partial charge in [-0.1, -0.05) is 29.4 Å². The molecule has 3 rings (SSSR count). The predicted molar refractivity (Wildman–Crippen MR) is 84.5 cm³/mol. The van der Waals surface area contributed by atoms with Gasteiger partial charge in [-0.2, -0.15) is 4.98 Å². The third kappa shape index (κ3) is 3.75. The summed E-state index contributed by atoms with van der Waals surface area (Å²) in [4.78, 5) is 28.6. The van der Waals surface area contributed by atoms with Crippen LogP contribution in [-0.2, 0) is 22.6 Å². The van der Waals surface area contributed by atoms with Gasteiger partial charge in [0.25, 0.3) is 0 Å². The molecule has 2 amide bonds. The van der Waals surface area contributed by atoms with Gasteiger partial charge in [0.05, 0.1) is 0 Å².